The molecule has 0 aliphatic rings. The van der Waals surface area contributed by atoms with Gasteiger partial charge in [-0.25, -0.2) is 15.0 Å². The highest BCUT2D eigenvalue weighted by molar-refractivity contribution is 7.11. The van der Waals surface area contributed by atoms with Crippen molar-refractivity contribution in [2.24, 2.45) is 0 Å². The average Bonchev–Trinajstić information content (AvgIpc) is 2.74. The van der Waals surface area contributed by atoms with Crippen LogP contribution < -0.4 is 10.1 Å². The molecule has 2 heterocycles. The molecule has 6 heteroatoms. The number of anilines is 1. The summed E-state index contributed by atoms with van der Waals surface area (Å²) >= 11 is 1.67. The third kappa shape index (κ3) is 2.71. The number of nitrogens with zero attached hydrogens (tertiary/aromatic N) is 3. The zero-order chi connectivity index (χ0) is 12.3. The van der Waals surface area contributed by atoms with Crippen molar-refractivity contribution in [1.82, 2.24) is 15.0 Å². The van der Waals surface area contributed by atoms with Crippen molar-refractivity contribution in [3.63, 3.8) is 0 Å². The molecule has 0 spiro atoms. The molecular formula is C11H14N4OS. The predicted molar refractivity (Wildman–Crippen MR) is 67.5 cm³/mol. The van der Waals surface area contributed by atoms with Crippen LogP contribution in [0.3, 0.4) is 0 Å². The number of hydrogen-bond donors (Lipinski definition) is 1. The fraction of sp³-hybridized carbons (Fsp3) is 0.364. The number of hydrogen-bond acceptors (Lipinski definition) is 6. The maximum Gasteiger partial charge on any atom is 0.221 e. The van der Waals surface area contributed by atoms with Crippen molar-refractivity contribution in [3.05, 3.63) is 28.0 Å². The lowest BCUT2D eigenvalue weighted by Crippen LogP contribution is -2.04. The first kappa shape index (κ1) is 11.8. The minimum absolute atomic E-state index is 0.595. The van der Waals surface area contributed by atoms with Crippen LogP contribution in [-0.2, 0) is 6.54 Å². The Balaban J connectivity index is 2.09. The van der Waals surface area contributed by atoms with E-state index in [4.69, 9.17) is 4.74 Å². The fourth-order valence-corrected chi connectivity index (χ4v) is 2.19. The molecule has 2 rings (SSSR count). The molecule has 1 N–H and O–H groups in total. The Bertz CT molecular complexity index is 512. The molecule has 0 fully saturated rings. The Kier molecular flexibility index (Phi) is 3.53. The molecule has 17 heavy (non-hydrogen) atoms. The first-order valence-corrected chi connectivity index (χ1v) is 6.03. The molecule has 2 aromatic rings. The summed E-state index contributed by atoms with van der Waals surface area (Å²) in [5.74, 6) is 1.38. The van der Waals surface area contributed by atoms with E-state index < -0.39 is 0 Å². The van der Waals surface area contributed by atoms with Crippen LogP contribution in [-0.4, -0.2) is 22.1 Å². The van der Waals surface area contributed by atoms with Gasteiger partial charge in [-0.2, -0.15) is 0 Å². The minimum atomic E-state index is 0.595. The van der Waals surface area contributed by atoms with E-state index in [1.54, 1.807) is 18.4 Å². The van der Waals surface area contributed by atoms with Gasteiger partial charge in [-0.15, -0.1) is 11.3 Å². The standard InChI is InChI=1S/C11H14N4OS/c1-7-4-12-9(17-7)5-13-10-8(2)11(16-3)15-6-14-10/h4,6H,5H2,1-3H3,(H,13,14,15). The van der Waals surface area contributed by atoms with Crippen molar-refractivity contribution < 1.29 is 4.74 Å². The van der Waals surface area contributed by atoms with Gasteiger partial charge in [0, 0.05) is 11.1 Å². The van der Waals surface area contributed by atoms with Crippen LogP contribution in [0.4, 0.5) is 5.82 Å². The van der Waals surface area contributed by atoms with Gasteiger partial charge in [0.05, 0.1) is 19.2 Å². The Hall–Kier alpha value is -1.69. The summed E-state index contributed by atoms with van der Waals surface area (Å²) in [5, 5.41) is 4.28. The second-order valence-electron chi connectivity index (χ2n) is 3.57. The molecule has 0 aliphatic carbocycles. The summed E-state index contributed by atoms with van der Waals surface area (Å²) in [5.41, 5.74) is 0.906. The van der Waals surface area contributed by atoms with Gasteiger partial charge < -0.3 is 10.1 Å². The van der Waals surface area contributed by atoms with Crippen molar-refractivity contribution in [1.29, 1.82) is 0 Å². The summed E-state index contributed by atoms with van der Waals surface area (Å²) in [6.45, 7) is 4.63. The van der Waals surface area contributed by atoms with Gasteiger partial charge in [-0.1, -0.05) is 0 Å². The van der Waals surface area contributed by atoms with Crippen LogP contribution in [0.15, 0.2) is 12.5 Å². The van der Waals surface area contributed by atoms with E-state index in [0.29, 0.717) is 12.4 Å². The van der Waals surface area contributed by atoms with Gasteiger partial charge in [0.1, 0.15) is 17.2 Å². The number of rotatable bonds is 4. The molecule has 0 bridgehead atoms. The molecule has 90 valence electrons. The van der Waals surface area contributed by atoms with Crippen LogP contribution in [0.2, 0.25) is 0 Å². The van der Waals surface area contributed by atoms with Crippen LogP contribution in [0.1, 0.15) is 15.4 Å². The predicted octanol–water partition coefficient (Wildman–Crippen LogP) is 2.17. The zero-order valence-electron chi connectivity index (χ0n) is 10.0. The summed E-state index contributed by atoms with van der Waals surface area (Å²) in [7, 11) is 1.60. The Morgan fingerprint density at radius 3 is 2.76 bits per heavy atom. The normalized spacial score (nSPS) is 10.3. The van der Waals surface area contributed by atoms with Crippen LogP contribution in [0, 0.1) is 13.8 Å². The maximum atomic E-state index is 5.14. The smallest absolute Gasteiger partial charge is 0.221 e. The third-order valence-corrected chi connectivity index (χ3v) is 3.22. The van der Waals surface area contributed by atoms with Crippen molar-refractivity contribution in [2.45, 2.75) is 20.4 Å². The summed E-state index contributed by atoms with van der Waals surface area (Å²) in [6, 6.07) is 0. The van der Waals surface area contributed by atoms with E-state index in [2.05, 4.69) is 20.3 Å². The van der Waals surface area contributed by atoms with E-state index in [0.717, 1.165) is 16.4 Å². The van der Waals surface area contributed by atoms with Gasteiger partial charge in [0.25, 0.3) is 0 Å². The van der Waals surface area contributed by atoms with Crippen LogP contribution in [0.5, 0.6) is 5.88 Å². The van der Waals surface area contributed by atoms with Gasteiger partial charge in [-0.3, -0.25) is 0 Å². The summed E-state index contributed by atoms with van der Waals surface area (Å²) in [6.07, 6.45) is 3.36. The second-order valence-corrected chi connectivity index (χ2v) is 4.89. The van der Waals surface area contributed by atoms with Gasteiger partial charge >= 0.3 is 0 Å². The molecule has 0 saturated carbocycles. The molecule has 0 saturated heterocycles. The number of thiazole rings is 1. The van der Waals surface area contributed by atoms with E-state index in [1.165, 1.54) is 11.2 Å². The molecule has 0 unspecified atom stereocenters. The summed E-state index contributed by atoms with van der Waals surface area (Å²) < 4.78 is 5.14. The molecule has 2 aromatic heterocycles. The fourth-order valence-electron chi connectivity index (χ4n) is 1.46. The van der Waals surface area contributed by atoms with Gasteiger partial charge in [0.15, 0.2) is 0 Å². The minimum Gasteiger partial charge on any atom is -0.481 e. The molecular weight excluding hydrogens is 236 g/mol. The SMILES string of the molecule is COc1ncnc(NCc2ncc(C)s2)c1C. The number of aryl methyl sites for hydroxylation is 1. The lowest BCUT2D eigenvalue weighted by molar-refractivity contribution is 0.393. The highest BCUT2D eigenvalue weighted by Crippen LogP contribution is 2.21. The highest BCUT2D eigenvalue weighted by Gasteiger charge is 2.07. The van der Waals surface area contributed by atoms with Crippen LogP contribution >= 0.6 is 11.3 Å². The number of ether oxygens (including phenoxy) is 1. The topological polar surface area (TPSA) is 59.9 Å². The molecule has 0 atom stereocenters. The lowest BCUT2D eigenvalue weighted by Gasteiger charge is -2.08. The van der Waals surface area contributed by atoms with E-state index >= 15 is 0 Å². The zero-order valence-corrected chi connectivity index (χ0v) is 10.8. The monoisotopic (exact) mass is 250 g/mol. The number of aromatic nitrogens is 3. The van der Waals surface area contributed by atoms with E-state index in [-0.39, 0.29) is 0 Å². The van der Waals surface area contributed by atoms with Crippen LogP contribution in [0.25, 0.3) is 0 Å². The molecule has 5 nitrogen and oxygen atoms in total. The molecule has 0 radical (unpaired) electrons. The first-order chi connectivity index (χ1) is 8.20. The molecule has 0 amide bonds. The maximum absolute atomic E-state index is 5.14. The third-order valence-electron chi connectivity index (χ3n) is 2.31. The number of nitrogens with one attached hydrogen (secondary N) is 1. The first-order valence-electron chi connectivity index (χ1n) is 5.21. The van der Waals surface area contributed by atoms with E-state index in [9.17, 15) is 0 Å². The van der Waals surface area contributed by atoms with E-state index in [1.807, 2.05) is 20.0 Å². The summed E-state index contributed by atoms with van der Waals surface area (Å²) in [4.78, 5) is 13.7. The number of methoxy groups -OCH3 is 1. The Morgan fingerprint density at radius 2 is 2.12 bits per heavy atom. The van der Waals surface area contributed by atoms with Gasteiger partial charge in [0.2, 0.25) is 5.88 Å². The Labute approximate surface area is 104 Å². The average molecular weight is 250 g/mol. The van der Waals surface area contributed by atoms with Gasteiger partial charge in [-0.05, 0) is 13.8 Å². The quantitative estimate of drug-likeness (QED) is 0.901. The second kappa shape index (κ2) is 5.09. The van der Waals surface area contributed by atoms with Crippen molar-refractivity contribution in [3.8, 4) is 5.88 Å². The van der Waals surface area contributed by atoms with Crippen molar-refractivity contribution >= 4 is 17.2 Å². The molecule has 0 aromatic carbocycles. The largest absolute Gasteiger partial charge is 0.481 e. The highest BCUT2D eigenvalue weighted by atomic mass is 32.1. The van der Waals surface area contributed by atoms with Crippen molar-refractivity contribution in [2.75, 3.05) is 12.4 Å². The molecule has 0 aliphatic heterocycles. The lowest BCUT2D eigenvalue weighted by atomic mass is 10.3. The Morgan fingerprint density at radius 1 is 1.29 bits per heavy atom.